The van der Waals surface area contributed by atoms with Crippen LogP contribution in [0.2, 0.25) is 0 Å². The Bertz CT molecular complexity index is 1820. The van der Waals surface area contributed by atoms with Crippen LogP contribution >= 0.6 is 11.3 Å². The summed E-state index contributed by atoms with van der Waals surface area (Å²) in [4.78, 5) is 59.2. The number of imide groups is 2. The summed E-state index contributed by atoms with van der Waals surface area (Å²) in [6.07, 6.45) is 0. The number of carbonyl (C=O) groups is 4. The molecule has 0 spiro atoms. The van der Waals surface area contributed by atoms with Crippen LogP contribution in [0.1, 0.15) is 52.6 Å². The molecule has 8 nitrogen and oxygen atoms in total. The van der Waals surface area contributed by atoms with Gasteiger partial charge in [-0.1, -0.05) is 36.4 Å². The Labute approximate surface area is 231 Å². The minimum Gasteiger partial charge on any atom is -0.507 e. The number of aromatic nitrogens is 1. The van der Waals surface area contributed by atoms with Crippen molar-refractivity contribution in [2.24, 2.45) is 0 Å². The van der Waals surface area contributed by atoms with E-state index in [-0.39, 0.29) is 18.8 Å². The lowest BCUT2D eigenvalue weighted by Gasteiger charge is -2.19. The summed E-state index contributed by atoms with van der Waals surface area (Å²) in [5.74, 6) is -1.84. The first kappa shape index (κ1) is 23.9. The number of nitrogens with zero attached hydrogens (tertiary/aromatic N) is 3. The summed E-state index contributed by atoms with van der Waals surface area (Å²) < 4.78 is 0.921. The second-order valence-corrected chi connectivity index (χ2v) is 10.7. The van der Waals surface area contributed by atoms with Crippen LogP contribution in [0.5, 0.6) is 5.75 Å². The van der Waals surface area contributed by atoms with Crippen LogP contribution in [-0.2, 0) is 13.1 Å². The molecule has 0 saturated carbocycles. The molecule has 1 N–H and O–H groups in total. The summed E-state index contributed by atoms with van der Waals surface area (Å²) >= 11 is 1.38. The van der Waals surface area contributed by atoms with Crippen molar-refractivity contribution in [1.82, 2.24) is 14.8 Å². The molecule has 7 rings (SSSR count). The van der Waals surface area contributed by atoms with Gasteiger partial charge in [-0.2, -0.15) is 0 Å². The number of fused-ring (bicyclic) bond motifs is 3. The number of carbonyl (C=O) groups excluding carboxylic acids is 4. The van der Waals surface area contributed by atoms with E-state index in [2.05, 4.69) is 4.98 Å². The van der Waals surface area contributed by atoms with Gasteiger partial charge in [-0.05, 0) is 54.1 Å². The van der Waals surface area contributed by atoms with Crippen molar-refractivity contribution >= 4 is 45.2 Å². The van der Waals surface area contributed by atoms with Gasteiger partial charge in [0, 0.05) is 5.56 Å². The molecule has 0 radical (unpaired) electrons. The molecule has 2 aliphatic heterocycles. The molecule has 2 aliphatic rings. The third kappa shape index (κ3) is 3.63. The van der Waals surface area contributed by atoms with Gasteiger partial charge in [0.1, 0.15) is 10.8 Å². The van der Waals surface area contributed by atoms with E-state index in [1.807, 2.05) is 24.3 Å². The summed E-state index contributed by atoms with van der Waals surface area (Å²) in [7, 11) is 0. The van der Waals surface area contributed by atoms with Crippen LogP contribution in [-0.4, -0.2) is 43.5 Å². The molecule has 1 aromatic heterocycles. The van der Waals surface area contributed by atoms with Crippen molar-refractivity contribution in [2.45, 2.75) is 13.1 Å². The predicted octanol–water partition coefficient (Wildman–Crippen LogP) is 5.26. The van der Waals surface area contributed by atoms with Crippen LogP contribution in [0, 0.1) is 0 Å². The van der Waals surface area contributed by atoms with Gasteiger partial charge in [0.05, 0.1) is 51.1 Å². The number of rotatable bonds is 5. The number of phenolic OH excluding ortho intramolecular Hbond substituents is 1. The van der Waals surface area contributed by atoms with Crippen LogP contribution in [0.15, 0.2) is 84.9 Å². The predicted molar refractivity (Wildman–Crippen MR) is 148 cm³/mol. The van der Waals surface area contributed by atoms with E-state index in [1.165, 1.54) is 11.3 Å². The number of aromatic hydroxyl groups is 1. The first-order valence-electron chi connectivity index (χ1n) is 12.5. The van der Waals surface area contributed by atoms with Crippen LogP contribution < -0.4 is 0 Å². The highest BCUT2D eigenvalue weighted by atomic mass is 32.1. The van der Waals surface area contributed by atoms with Gasteiger partial charge in [-0.25, -0.2) is 4.98 Å². The van der Waals surface area contributed by atoms with E-state index in [0.29, 0.717) is 44.0 Å². The number of thiazole rings is 1. The summed E-state index contributed by atoms with van der Waals surface area (Å²) in [6.45, 7) is -0.244. The van der Waals surface area contributed by atoms with Gasteiger partial charge in [0.2, 0.25) is 0 Å². The quantitative estimate of drug-likeness (QED) is 0.302. The lowest BCUT2D eigenvalue weighted by Crippen LogP contribution is -2.30. The Morgan fingerprint density at radius 3 is 1.68 bits per heavy atom. The molecule has 4 aromatic carbocycles. The Kier molecular flexibility index (Phi) is 5.36. The Morgan fingerprint density at radius 2 is 1.12 bits per heavy atom. The van der Waals surface area contributed by atoms with Crippen molar-refractivity contribution in [3.63, 3.8) is 0 Å². The van der Waals surface area contributed by atoms with Crippen LogP contribution in [0.25, 0.3) is 20.8 Å². The molecule has 40 heavy (non-hydrogen) atoms. The molecular formula is C31H19N3O5S. The lowest BCUT2D eigenvalue weighted by molar-refractivity contribution is 0.0629. The fraction of sp³-hybridized carbons (Fsp3) is 0.0645. The molecule has 0 unspecified atom stereocenters. The maximum Gasteiger partial charge on any atom is 0.261 e. The highest BCUT2D eigenvalue weighted by molar-refractivity contribution is 7.21. The number of hydrogen-bond donors (Lipinski definition) is 1. The molecule has 0 saturated heterocycles. The monoisotopic (exact) mass is 545 g/mol. The second kappa shape index (κ2) is 8.96. The first-order valence-corrected chi connectivity index (χ1v) is 13.3. The van der Waals surface area contributed by atoms with Crippen molar-refractivity contribution in [2.75, 3.05) is 0 Å². The Hall–Kier alpha value is -5.15. The van der Waals surface area contributed by atoms with Gasteiger partial charge < -0.3 is 5.11 Å². The van der Waals surface area contributed by atoms with Crippen molar-refractivity contribution in [3.05, 3.63) is 118 Å². The third-order valence-electron chi connectivity index (χ3n) is 7.20. The number of para-hydroxylation sites is 1. The van der Waals surface area contributed by atoms with Crippen molar-refractivity contribution in [1.29, 1.82) is 0 Å². The molecule has 194 valence electrons. The number of benzene rings is 4. The topological polar surface area (TPSA) is 108 Å². The minimum atomic E-state index is -0.452. The third-order valence-corrected chi connectivity index (χ3v) is 8.27. The minimum absolute atomic E-state index is 0.0559. The smallest absolute Gasteiger partial charge is 0.261 e. The zero-order valence-corrected chi connectivity index (χ0v) is 21.6. The van der Waals surface area contributed by atoms with Crippen molar-refractivity contribution < 1.29 is 24.3 Å². The van der Waals surface area contributed by atoms with Gasteiger partial charge in [-0.3, -0.25) is 29.0 Å². The summed E-state index contributed by atoms with van der Waals surface area (Å²) in [6, 6.07) is 24.1. The Balaban J connectivity index is 1.31. The molecule has 3 heterocycles. The Morgan fingerprint density at radius 1 is 0.625 bits per heavy atom. The molecule has 0 aliphatic carbocycles. The zero-order chi connectivity index (χ0) is 27.5. The fourth-order valence-electron chi connectivity index (χ4n) is 5.24. The number of phenols is 1. The van der Waals surface area contributed by atoms with E-state index in [1.54, 1.807) is 60.7 Å². The van der Waals surface area contributed by atoms with E-state index < -0.39 is 23.6 Å². The molecule has 4 amide bonds. The molecule has 9 heteroatoms. The first-order chi connectivity index (χ1) is 19.4. The van der Waals surface area contributed by atoms with Gasteiger partial charge in [0.15, 0.2) is 0 Å². The maximum atomic E-state index is 13.1. The van der Waals surface area contributed by atoms with Crippen LogP contribution in [0.4, 0.5) is 0 Å². The van der Waals surface area contributed by atoms with Crippen molar-refractivity contribution in [3.8, 4) is 16.3 Å². The van der Waals surface area contributed by atoms with Gasteiger partial charge in [-0.15, -0.1) is 11.3 Å². The van der Waals surface area contributed by atoms with E-state index in [0.717, 1.165) is 20.0 Å². The van der Waals surface area contributed by atoms with Gasteiger partial charge >= 0.3 is 0 Å². The normalized spacial score (nSPS) is 14.4. The van der Waals surface area contributed by atoms with E-state index >= 15 is 0 Å². The summed E-state index contributed by atoms with van der Waals surface area (Å²) in [5, 5.41) is 12.0. The molecule has 0 fully saturated rings. The van der Waals surface area contributed by atoms with Gasteiger partial charge in [0.25, 0.3) is 23.6 Å². The SMILES string of the molecule is O=C1c2ccccc2C(=O)N1Cc1cc(CN2C(=O)c3ccccc3C2=O)c(O)c(-c2nc3ccccc3s2)c1. The highest BCUT2D eigenvalue weighted by Gasteiger charge is 2.37. The number of hydrogen-bond acceptors (Lipinski definition) is 7. The summed E-state index contributed by atoms with van der Waals surface area (Å²) in [5.41, 5.74) is 3.29. The average molecular weight is 546 g/mol. The second-order valence-electron chi connectivity index (χ2n) is 9.62. The highest BCUT2D eigenvalue weighted by Crippen LogP contribution is 2.40. The van der Waals surface area contributed by atoms with E-state index in [9.17, 15) is 24.3 Å². The number of amides is 4. The van der Waals surface area contributed by atoms with E-state index in [4.69, 9.17) is 0 Å². The molecule has 5 aromatic rings. The largest absolute Gasteiger partial charge is 0.507 e. The zero-order valence-electron chi connectivity index (χ0n) is 20.8. The lowest BCUT2D eigenvalue weighted by atomic mass is 10.0. The molecular weight excluding hydrogens is 526 g/mol. The average Bonchev–Trinajstić information content (AvgIpc) is 3.59. The standard InChI is InChI=1S/C31H19N3O5S/c35-26-18(16-34-30(38)21-9-3-4-10-22(21)31(34)39)13-17(14-23(26)27-32-24-11-5-6-12-25(24)40-27)15-33-28(36)19-7-1-2-8-20(19)29(33)37/h1-14,35H,15-16H2. The fourth-order valence-corrected chi connectivity index (χ4v) is 6.22. The maximum absolute atomic E-state index is 13.1. The molecule has 0 atom stereocenters. The van der Waals surface area contributed by atoms with Crippen LogP contribution in [0.3, 0.4) is 0 Å². The molecule has 0 bridgehead atoms.